The number of hydrazine groups is 1. The first-order chi connectivity index (χ1) is 11.7. The molecule has 0 aromatic carbocycles. The van der Waals surface area contributed by atoms with Gasteiger partial charge in [-0.05, 0) is 30.4 Å². The summed E-state index contributed by atoms with van der Waals surface area (Å²) in [7, 11) is 1.89. The van der Waals surface area contributed by atoms with Crippen LogP contribution in [0.25, 0.3) is 22.2 Å². The van der Waals surface area contributed by atoms with E-state index in [4.69, 9.17) is 11.6 Å². The maximum absolute atomic E-state index is 5.82. The summed E-state index contributed by atoms with van der Waals surface area (Å²) in [5, 5.41) is 7.90. The molecule has 0 fully saturated rings. The Hall–Kier alpha value is -3.06. The summed E-state index contributed by atoms with van der Waals surface area (Å²) < 4.78 is 1.76. The van der Waals surface area contributed by atoms with Crippen LogP contribution in [0.5, 0.6) is 0 Å². The van der Waals surface area contributed by atoms with Crippen molar-refractivity contribution < 1.29 is 0 Å². The first-order valence-corrected chi connectivity index (χ1v) is 7.67. The minimum atomic E-state index is 0.525. The van der Waals surface area contributed by atoms with E-state index in [2.05, 4.69) is 31.2 Å². The molecule has 0 bridgehead atoms. The monoisotopic (exact) mass is 339 g/mol. The molecule has 3 aromatic heterocycles. The van der Waals surface area contributed by atoms with E-state index in [1.54, 1.807) is 10.8 Å². The number of allylic oxidation sites excluding steroid dienone is 2. The van der Waals surface area contributed by atoms with Crippen LogP contribution in [0.15, 0.2) is 59.9 Å². The van der Waals surface area contributed by atoms with Crippen molar-refractivity contribution in [3.63, 3.8) is 0 Å². The molecule has 120 valence electrons. The number of aromatic nitrogens is 4. The molecule has 0 saturated carbocycles. The van der Waals surface area contributed by atoms with Gasteiger partial charge in [0.2, 0.25) is 0 Å². The third-order valence-electron chi connectivity index (χ3n) is 3.55. The highest BCUT2D eigenvalue weighted by Crippen LogP contribution is 2.22. The Bertz CT molecular complexity index is 973. The minimum Gasteiger partial charge on any atom is -0.325 e. The highest BCUT2D eigenvalue weighted by atomic mass is 35.5. The van der Waals surface area contributed by atoms with Crippen LogP contribution in [0.2, 0.25) is 0 Å². The Labute approximate surface area is 143 Å². The summed E-state index contributed by atoms with van der Waals surface area (Å²) in [6.07, 6.45) is 9.17. The Morgan fingerprint density at radius 3 is 2.75 bits per heavy atom. The lowest BCUT2D eigenvalue weighted by molar-refractivity contribution is 0.709. The lowest BCUT2D eigenvalue weighted by Crippen LogP contribution is -2.34. The smallest absolute Gasteiger partial charge is 0.132 e. The standard InChI is InChI=1S/C16H14ClN7/c1-24-9-11(8-19-24)10-6-13-12(18-7-10)2-4-15(20-13)21-16-5-3-14(17)22-23-16/h2-9,22-23H,1H3,(H,20,21). The van der Waals surface area contributed by atoms with E-state index in [1.165, 1.54) is 0 Å². The van der Waals surface area contributed by atoms with Crippen molar-refractivity contribution in [2.24, 2.45) is 7.05 Å². The number of halogens is 1. The zero-order valence-electron chi connectivity index (χ0n) is 12.8. The van der Waals surface area contributed by atoms with Crippen LogP contribution in [0.3, 0.4) is 0 Å². The number of rotatable bonds is 3. The molecule has 0 amide bonds. The molecule has 24 heavy (non-hydrogen) atoms. The van der Waals surface area contributed by atoms with Gasteiger partial charge in [-0.3, -0.25) is 20.5 Å². The van der Waals surface area contributed by atoms with Gasteiger partial charge in [-0.2, -0.15) is 5.10 Å². The number of nitrogens with one attached hydrogen (secondary N) is 3. The summed E-state index contributed by atoms with van der Waals surface area (Å²) in [6.45, 7) is 0. The summed E-state index contributed by atoms with van der Waals surface area (Å²) in [5.74, 6) is 1.46. The Balaban J connectivity index is 1.66. The van der Waals surface area contributed by atoms with Gasteiger partial charge < -0.3 is 5.32 Å². The lowest BCUT2D eigenvalue weighted by Gasteiger charge is -2.17. The molecule has 0 atom stereocenters. The van der Waals surface area contributed by atoms with Crippen LogP contribution < -0.4 is 16.2 Å². The maximum Gasteiger partial charge on any atom is 0.132 e. The normalized spacial score (nSPS) is 13.8. The number of aryl methyl sites for hydroxylation is 1. The third-order valence-corrected chi connectivity index (χ3v) is 3.77. The molecule has 8 heteroatoms. The van der Waals surface area contributed by atoms with Gasteiger partial charge >= 0.3 is 0 Å². The Kier molecular flexibility index (Phi) is 3.55. The highest BCUT2D eigenvalue weighted by molar-refractivity contribution is 6.29. The van der Waals surface area contributed by atoms with Crippen molar-refractivity contribution in [2.75, 3.05) is 5.32 Å². The third kappa shape index (κ3) is 2.89. The number of anilines is 1. The van der Waals surface area contributed by atoms with Gasteiger partial charge in [0.1, 0.15) is 16.8 Å². The fourth-order valence-corrected chi connectivity index (χ4v) is 2.49. The van der Waals surface area contributed by atoms with Crippen molar-refractivity contribution in [1.29, 1.82) is 0 Å². The summed E-state index contributed by atoms with van der Waals surface area (Å²) in [4.78, 5) is 9.09. The topological polar surface area (TPSA) is 79.7 Å². The second-order valence-electron chi connectivity index (χ2n) is 5.33. The summed E-state index contributed by atoms with van der Waals surface area (Å²) >= 11 is 5.82. The van der Waals surface area contributed by atoms with E-state index in [0.29, 0.717) is 11.0 Å². The van der Waals surface area contributed by atoms with Crippen LogP contribution in [-0.4, -0.2) is 19.7 Å². The predicted octanol–water partition coefficient (Wildman–Crippen LogP) is 2.47. The quantitative estimate of drug-likeness (QED) is 0.636. The zero-order valence-corrected chi connectivity index (χ0v) is 13.5. The van der Waals surface area contributed by atoms with E-state index < -0.39 is 0 Å². The van der Waals surface area contributed by atoms with Crippen LogP contribution in [0.4, 0.5) is 5.82 Å². The first kappa shape index (κ1) is 14.5. The van der Waals surface area contributed by atoms with Gasteiger partial charge in [-0.25, -0.2) is 4.98 Å². The van der Waals surface area contributed by atoms with Crippen LogP contribution in [0, 0.1) is 0 Å². The molecule has 0 spiro atoms. The van der Waals surface area contributed by atoms with Gasteiger partial charge in [0.05, 0.1) is 17.2 Å². The van der Waals surface area contributed by atoms with Gasteiger partial charge in [-0.15, -0.1) is 0 Å². The molecule has 1 aliphatic rings. The predicted molar refractivity (Wildman–Crippen MR) is 93.7 cm³/mol. The highest BCUT2D eigenvalue weighted by Gasteiger charge is 2.07. The SMILES string of the molecule is Cn1cc(-c2cnc3ccc(NC4=CC=C(Cl)NN4)nc3c2)cn1. The molecular formula is C16H14ClN7. The molecule has 0 unspecified atom stereocenters. The van der Waals surface area contributed by atoms with E-state index in [0.717, 1.165) is 28.0 Å². The van der Waals surface area contributed by atoms with Crippen LogP contribution in [0.1, 0.15) is 0 Å². The molecule has 1 aliphatic heterocycles. The average molecular weight is 340 g/mol. The van der Waals surface area contributed by atoms with Crippen molar-refractivity contribution >= 4 is 28.5 Å². The second kappa shape index (κ2) is 5.86. The van der Waals surface area contributed by atoms with Gasteiger partial charge in [0, 0.05) is 30.6 Å². The first-order valence-electron chi connectivity index (χ1n) is 7.30. The van der Waals surface area contributed by atoms with Crippen molar-refractivity contribution in [3.05, 3.63) is 59.9 Å². The van der Waals surface area contributed by atoms with Gasteiger partial charge in [-0.1, -0.05) is 11.6 Å². The van der Waals surface area contributed by atoms with Crippen molar-refractivity contribution in [1.82, 2.24) is 30.6 Å². The summed E-state index contributed by atoms with van der Waals surface area (Å²) in [5.41, 5.74) is 9.38. The van der Waals surface area contributed by atoms with Gasteiger partial charge in [0.15, 0.2) is 0 Å². The molecule has 4 rings (SSSR count). The molecule has 0 aliphatic carbocycles. The largest absolute Gasteiger partial charge is 0.325 e. The number of fused-ring (bicyclic) bond motifs is 1. The minimum absolute atomic E-state index is 0.525. The van der Waals surface area contributed by atoms with Crippen molar-refractivity contribution in [3.8, 4) is 11.1 Å². The van der Waals surface area contributed by atoms with Crippen LogP contribution in [-0.2, 0) is 7.05 Å². The zero-order chi connectivity index (χ0) is 16.5. The molecule has 0 radical (unpaired) electrons. The molecule has 7 nitrogen and oxygen atoms in total. The molecule has 3 N–H and O–H groups in total. The Morgan fingerprint density at radius 1 is 1.08 bits per heavy atom. The number of hydrogen-bond acceptors (Lipinski definition) is 6. The fraction of sp³-hybridized carbons (Fsp3) is 0.0625. The molecular weight excluding hydrogens is 326 g/mol. The van der Waals surface area contributed by atoms with E-state index in [1.807, 2.05) is 49.9 Å². The van der Waals surface area contributed by atoms with Crippen LogP contribution >= 0.6 is 11.6 Å². The fourth-order valence-electron chi connectivity index (χ4n) is 2.38. The molecule has 0 saturated heterocycles. The van der Waals surface area contributed by atoms with Crippen molar-refractivity contribution in [2.45, 2.75) is 0 Å². The number of pyridine rings is 2. The molecule has 4 heterocycles. The number of nitrogens with zero attached hydrogens (tertiary/aromatic N) is 4. The average Bonchev–Trinajstić information content (AvgIpc) is 3.03. The second-order valence-corrected chi connectivity index (χ2v) is 5.74. The summed E-state index contributed by atoms with van der Waals surface area (Å²) in [6, 6.07) is 5.81. The molecule has 3 aromatic rings. The van der Waals surface area contributed by atoms with Gasteiger partial charge in [0.25, 0.3) is 0 Å². The maximum atomic E-state index is 5.82. The van der Waals surface area contributed by atoms with E-state index >= 15 is 0 Å². The van der Waals surface area contributed by atoms with E-state index in [-0.39, 0.29) is 0 Å². The Morgan fingerprint density at radius 2 is 2.00 bits per heavy atom. The number of hydrogen-bond donors (Lipinski definition) is 3. The van der Waals surface area contributed by atoms with E-state index in [9.17, 15) is 0 Å². The lowest BCUT2D eigenvalue weighted by atomic mass is 10.1.